The molecule has 0 saturated carbocycles. The smallest absolute Gasteiger partial charge is 0.303 e. The van der Waals surface area contributed by atoms with Crippen molar-refractivity contribution in [1.82, 2.24) is 14.4 Å². The van der Waals surface area contributed by atoms with Gasteiger partial charge in [-0.2, -0.15) is 0 Å². The molecule has 102 valence electrons. The van der Waals surface area contributed by atoms with Crippen LogP contribution in [0.2, 0.25) is 0 Å². The van der Waals surface area contributed by atoms with Crippen LogP contribution in [-0.2, 0) is 11.2 Å². The van der Waals surface area contributed by atoms with E-state index in [0.717, 1.165) is 0 Å². The lowest BCUT2D eigenvalue weighted by atomic mass is 10.2. The summed E-state index contributed by atoms with van der Waals surface area (Å²) in [5, 5.41) is 8.73. The first-order valence-corrected chi connectivity index (χ1v) is 5.96. The Morgan fingerprint density at radius 2 is 2.20 bits per heavy atom. The number of hydrogen-bond acceptors (Lipinski definition) is 3. The molecule has 20 heavy (non-hydrogen) atoms. The minimum atomic E-state index is -0.943. The number of benzene rings is 1. The predicted octanol–water partition coefficient (Wildman–Crippen LogP) is 1.33. The van der Waals surface area contributed by atoms with Gasteiger partial charge in [0.1, 0.15) is 17.2 Å². The zero-order chi connectivity index (χ0) is 14.3. The molecule has 0 saturated heterocycles. The number of fused-ring (bicyclic) bond motifs is 3. The Hall–Kier alpha value is -2.70. The average Bonchev–Trinajstić information content (AvgIpc) is 2.80. The molecule has 0 amide bonds. The van der Waals surface area contributed by atoms with Crippen LogP contribution in [0.5, 0.6) is 0 Å². The van der Waals surface area contributed by atoms with E-state index in [1.165, 1.54) is 24.4 Å². The van der Waals surface area contributed by atoms with Crippen LogP contribution in [-0.4, -0.2) is 25.4 Å². The Morgan fingerprint density at radius 1 is 1.40 bits per heavy atom. The number of imidazole rings is 1. The molecular formula is C13H10FN3O3. The fraction of sp³-hybridized carbons (Fsp3) is 0.154. The van der Waals surface area contributed by atoms with Crippen LogP contribution in [0.3, 0.4) is 0 Å². The summed E-state index contributed by atoms with van der Waals surface area (Å²) in [5.74, 6) is -0.938. The van der Waals surface area contributed by atoms with Crippen LogP contribution in [0, 0.1) is 5.82 Å². The molecule has 3 rings (SSSR count). The number of hydrogen-bond donors (Lipinski definition) is 2. The molecule has 2 N–H and O–H groups in total. The fourth-order valence-electron chi connectivity index (χ4n) is 2.20. The van der Waals surface area contributed by atoms with Gasteiger partial charge in [-0.25, -0.2) is 9.37 Å². The Labute approximate surface area is 111 Å². The van der Waals surface area contributed by atoms with Gasteiger partial charge in [0, 0.05) is 6.42 Å². The van der Waals surface area contributed by atoms with E-state index in [9.17, 15) is 14.0 Å². The van der Waals surface area contributed by atoms with Crippen molar-refractivity contribution in [2.45, 2.75) is 12.8 Å². The van der Waals surface area contributed by atoms with Gasteiger partial charge in [0.05, 0.1) is 23.7 Å². The first-order chi connectivity index (χ1) is 9.56. The summed E-state index contributed by atoms with van der Waals surface area (Å²) in [4.78, 5) is 29.2. The highest BCUT2D eigenvalue weighted by atomic mass is 19.1. The predicted molar refractivity (Wildman–Crippen MR) is 69.2 cm³/mol. The van der Waals surface area contributed by atoms with E-state index in [1.54, 1.807) is 4.40 Å². The second kappa shape index (κ2) is 4.44. The zero-order valence-corrected chi connectivity index (χ0v) is 10.3. The Balaban J connectivity index is 2.30. The first kappa shape index (κ1) is 12.3. The number of aromatic nitrogens is 3. The highest BCUT2D eigenvalue weighted by molar-refractivity contribution is 5.78. The van der Waals surface area contributed by atoms with Gasteiger partial charge in [0.2, 0.25) is 0 Å². The van der Waals surface area contributed by atoms with Crippen molar-refractivity contribution in [3.63, 3.8) is 0 Å². The van der Waals surface area contributed by atoms with Crippen molar-refractivity contribution in [3.05, 3.63) is 46.4 Å². The van der Waals surface area contributed by atoms with Gasteiger partial charge in [-0.1, -0.05) is 0 Å². The Bertz CT molecular complexity index is 882. The molecule has 0 unspecified atom stereocenters. The lowest BCUT2D eigenvalue weighted by Gasteiger charge is -2.05. The second-order valence-corrected chi connectivity index (χ2v) is 4.40. The van der Waals surface area contributed by atoms with Gasteiger partial charge in [-0.15, -0.1) is 0 Å². The summed E-state index contributed by atoms with van der Waals surface area (Å²) in [6.45, 7) is 0. The van der Waals surface area contributed by atoms with E-state index in [1.807, 2.05) is 0 Å². The van der Waals surface area contributed by atoms with Crippen LogP contribution >= 0.6 is 0 Å². The quantitative estimate of drug-likeness (QED) is 0.755. The van der Waals surface area contributed by atoms with Crippen molar-refractivity contribution < 1.29 is 14.3 Å². The molecule has 0 atom stereocenters. The molecule has 0 fully saturated rings. The van der Waals surface area contributed by atoms with Crippen molar-refractivity contribution in [2.24, 2.45) is 0 Å². The number of aromatic amines is 1. The number of carbonyl (C=O) groups is 1. The number of aryl methyl sites for hydroxylation is 1. The molecule has 0 bridgehead atoms. The van der Waals surface area contributed by atoms with E-state index in [-0.39, 0.29) is 12.8 Å². The number of H-pyrrole nitrogens is 1. The van der Waals surface area contributed by atoms with E-state index < -0.39 is 17.3 Å². The van der Waals surface area contributed by atoms with Crippen LogP contribution < -0.4 is 5.56 Å². The molecule has 2 heterocycles. The van der Waals surface area contributed by atoms with Gasteiger partial charge < -0.3 is 10.1 Å². The SMILES string of the molecule is O=C(O)CCc1ncc2c(=O)[nH]c3cc(F)ccc3n12. The highest BCUT2D eigenvalue weighted by Gasteiger charge is 2.12. The molecule has 7 heteroatoms. The molecule has 2 aromatic heterocycles. The summed E-state index contributed by atoms with van der Waals surface area (Å²) < 4.78 is 14.8. The van der Waals surface area contributed by atoms with Gasteiger partial charge in [-0.05, 0) is 18.2 Å². The molecule has 0 aliphatic rings. The standard InChI is InChI=1S/C13H10FN3O3/c14-7-1-2-9-8(5-7)16-13(20)10-6-15-11(17(9)10)3-4-12(18)19/h1-2,5-6H,3-4H2,(H,16,20)(H,18,19). The number of carboxylic acids is 1. The molecule has 1 aromatic carbocycles. The van der Waals surface area contributed by atoms with Gasteiger partial charge in [0.15, 0.2) is 0 Å². The van der Waals surface area contributed by atoms with Gasteiger partial charge in [0.25, 0.3) is 5.56 Å². The van der Waals surface area contributed by atoms with Crippen LogP contribution in [0.15, 0.2) is 29.2 Å². The van der Waals surface area contributed by atoms with Gasteiger partial charge >= 0.3 is 5.97 Å². The first-order valence-electron chi connectivity index (χ1n) is 5.96. The van der Waals surface area contributed by atoms with Crippen LogP contribution in [0.4, 0.5) is 4.39 Å². The molecular weight excluding hydrogens is 265 g/mol. The zero-order valence-electron chi connectivity index (χ0n) is 10.3. The molecule has 0 aliphatic carbocycles. The minimum absolute atomic E-state index is 0.0887. The van der Waals surface area contributed by atoms with Crippen molar-refractivity contribution in [1.29, 1.82) is 0 Å². The number of halogens is 1. The minimum Gasteiger partial charge on any atom is -0.481 e. The lowest BCUT2D eigenvalue weighted by molar-refractivity contribution is -0.137. The third kappa shape index (κ3) is 1.93. The summed E-state index contributed by atoms with van der Waals surface area (Å²) in [6.07, 6.45) is 1.49. The van der Waals surface area contributed by atoms with Crippen LogP contribution in [0.1, 0.15) is 12.2 Å². The highest BCUT2D eigenvalue weighted by Crippen LogP contribution is 2.16. The summed E-state index contributed by atoms with van der Waals surface area (Å²) in [7, 11) is 0. The molecule has 0 aliphatic heterocycles. The molecule has 3 aromatic rings. The van der Waals surface area contributed by atoms with Crippen molar-refractivity contribution >= 4 is 22.5 Å². The normalized spacial score (nSPS) is 11.2. The maximum Gasteiger partial charge on any atom is 0.303 e. The fourth-order valence-corrected chi connectivity index (χ4v) is 2.20. The number of rotatable bonds is 3. The van der Waals surface area contributed by atoms with E-state index in [4.69, 9.17) is 5.11 Å². The summed E-state index contributed by atoms with van der Waals surface area (Å²) >= 11 is 0. The van der Waals surface area contributed by atoms with Crippen LogP contribution in [0.25, 0.3) is 16.6 Å². The Morgan fingerprint density at radius 3 is 2.95 bits per heavy atom. The topological polar surface area (TPSA) is 87.5 Å². The second-order valence-electron chi connectivity index (χ2n) is 4.40. The number of nitrogens with one attached hydrogen (secondary N) is 1. The number of nitrogens with zero attached hydrogens (tertiary/aromatic N) is 2. The largest absolute Gasteiger partial charge is 0.481 e. The summed E-state index contributed by atoms with van der Waals surface area (Å²) in [5.41, 5.74) is 0.845. The lowest BCUT2D eigenvalue weighted by Crippen LogP contribution is -2.11. The maximum absolute atomic E-state index is 13.2. The number of aliphatic carboxylic acids is 1. The van der Waals surface area contributed by atoms with Gasteiger partial charge in [-0.3, -0.25) is 14.0 Å². The van der Waals surface area contributed by atoms with Crippen molar-refractivity contribution in [3.8, 4) is 0 Å². The molecule has 0 radical (unpaired) electrons. The van der Waals surface area contributed by atoms with Crippen molar-refractivity contribution in [2.75, 3.05) is 0 Å². The van der Waals surface area contributed by atoms with E-state index >= 15 is 0 Å². The third-order valence-electron chi connectivity index (χ3n) is 3.08. The third-order valence-corrected chi connectivity index (χ3v) is 3.08. The molecule has 0 spiro atoms. The molecule has 6 nitrogen and oxygen atoms in total. The number of carboxylic acid groups (broad SMARTS) is 1. The van der Waals surface area contributed by atoms with E-state index in [2.05, 4.69) is 9.97 Å². The monoisotopic (exact) mass is 275 g/mol. The average molecular weight is 275 g/mol. The Kier molecular flexibility index (Phi) is 2.74. The summed E-state index contributed by atoms with van der Waals surface area (Å²) in [6, 6.07) is 4.03. The van der Waals surface area contributed by atoms with E-state index in [0.29, 0.717) is 22.4 Å². The maximum atomic E-state index is 13.2.